The molecule has 0 radical (unpaired) electrons. The van der Waals surface area contributed by atoms with Crippen LogP contribution in [-0.2, 0) is 4.79 Å². The lowest BCUT2D eigenvalue weighted by Gasteiger charge is -2.17. The zero-order valence-electron chi connectivity index (χ0n) is 15.6. The Kier molecular flexibility index (Phi) is 6.39. The highest BCUT2D eigenvalue weighted by Gasteiger charge is 2.18. The van der Waals surface area contributed by atoms with E-state index in [1.54, 1.807) is 63.5 Å². The molecule has 2 aromatic rings. The molecule has 1 N–H and O–H groups in total. The lowest BCUT2D eigenvalue weighted by atomic mass is 10.1. The molecule has 0 saturated heterocycles. The number of ether oxygens (including phenoxy) is 2. The molecule has 0 saturated carbocycles. The molecule has 0 aliphatic rings. The number of nitriles is 1. The van der Waals surface area contributed by atoms with Crippen molar-refractivity contribution in [2.45, 2.75) is 13.0 Å². The number of nitrogens with one attached hydrogen (secondary N) is 1. The lowest BCUT2D eigenvalue weighted by Crippen LogP contribution is -2.30. The maximum absolute atomic E-state index is 12.5. The molecule has 7 heteroatoms. The molecule has 140 valence electrons. The molecule has 0 fully saturated rings. The van der Waals surface area contributed by atoms with Crippen LogP contribution in [0.5, 0.6) is 11.5 Å². The van der Waals surface area contributed by atoms with Crippen LogP contribution in [-0.4, -0.2) is 44.0 Å². The number of anilines is 1. The van der Waals surface area contributed by atoms with Crippen LogP contribution in [0.4, 0.5) is 5.69 Å². The minimum atomic E-state index is -0.822. The summed E-state index contributed by atoms with van der Waals surface area (Å²) in [5.74, 6) is 0.244. The second kappa shape index (κ2) is 8.72. The Bertz CT molecular complexity index is 887. The van der Waals surface area contributed by atoms with E-state index in [0.29, 0.717) is 28.3 Å². The molecule has 0 aromatic heterocycles. The number of carbonyl (C=O) groups is 2. The van der Waals surface area contributed by atoms with Crippen molar-refractivity contribution < 1.29 is 19.1 Å². The van der Waals surface area contributed by atoms with E-state index < -0.39 is 12.0 Å². The Labute approximate surface area is 158 Å². The predicted octanol–water partition coefficient (Wildman–Crippen LogP) is 2.67. The van der Waals surface area contributed by atoms with Gasteiger partial charge in [-0.15, -0.1) is 0 Å². The molecule has 0 heterocycles. The number of rotatable bonds is 6. The fourth-order valence-electron chi connectivity index (χ4n) is 2.33. The molecule has 1 unspecified atom stereocenters. The molecule has 2 rings (SSSR count). The number of amides is 2. The fourth-order valence-corrected chi connectivity index (χ4v) is 2.33. The maximum Gasteiger partial charge on any atom is 0.265 e. The second-order valence-corrected chi connectivity index (χ2v) is 6.00. The quantitative estimate of drug-likeness (QED) is 0.847. The van der Waals surface area contributed by atoms with Gasteiger partial charge in [-0.25, -0.2) is 0 Å². The first-order valence-corrected chi connectivity index (χ1v) is 8.23. The summed E-state index contributed by atoms with van der Waals surface area (Å²) in [6.07, 6.45) is -0.822. The summed E-state index contributed by atoms with van der Waals surface area (Å²) in [5, 5.41) is 11.7. The normalized spacial score (nSPS) is 11.1. The third-order valence-electron chi connectivity index (χ3n) is 3.76. The van der Waals surface area contributed by atoms with Gasteiger partial charge in [0.1, 0.15) is 11.5 Å². The third-order valence-corrected chi connectivity index (χ3v) is 3.76. The number of carbonyl (C=O) groups excluding carboxylic acids is 2. The van der Waals surface area contributed by atoms with Gasteiger partial charge in [-0.3, -0.25) is 9.59 Å². The molecular formula is C20H21N3O4. The molecule has 27 heavy (non-hydrogen) atoms. The number of nitrogens with zero attached hydrogens (tertiary/aromatic N) is 2. The topological polar surface area (TPSA) is 91.7 Å². The van der Waals surface area contributed by atoms with Crippen molar-refractivity contribution in [2.24, 2.45) is 0 Å². The molecule has 2 aromatic carbocycles. The number of hydrogen-bond acceptors (Lipinski definition) is 5. The van der Waals surface area contributed by atoms with Gasteiger partial charge >= 0.3 is 0 Å². The Morgan fingerprint density at radius 2 is 1.93 bits per heavy atom. The fraction of sp³-hybridized carbons (Fsp3) is 0.250. The summed E-state index contributed by atoms with van der Waals surface area (Å²) < 4.78 is 10.9. The van der Waals surface area contributed by atoms with Crippen LogP contribution in [0.1, 0.15) is 22.8 Å². The zero-order chi connectivity index (χ0) is 20.0. The smallest absolute Gasteiger partial charge is 0.265 e. The van der Waals surface area contributed by atoms with Gasteiger partial charge in [0.15, 0.2) is 6.10 Å². The summed E-state index contributed by atoms with van der Waals surface area (Å²) in [7, 11) is 4.78. The molecule has 0 aliphatic heterocycles. The van der Waals surface area contributed by atoms with Crippen molar-refractivity contribution in [3.05, 3.63) is 53.6 Å². The Hall–Kier alpha value is -3.53. The molecule has 0 spiro atoms. The second-order valence-electron chi connectivity index (χ2n) is 6.00. The number of hydrogen-bond donors (Lipinski definition) is 1. The van der Waals surface area contributed by atoms with Crippen molar-refractivity contribution in [3.63, 3.8) is 0 Å². The van der Waals surface area contributed by atoms with Crippen molar-refractivity contribution in [1.82, 2.24) is 4.90 Å². The average Bonchev–Trinajstić information content (AvgIpc) is 2.67. The van der Waals surface area contributed by atoms with E-state index in [-0.39, 0.29) is 5.91 Å². The van der Waals surface area contributed by atoms with Gasteiger partial charge in [-0.05, 0) is 43.3 Å². The lowest BCUT2D eigenvalue weighted by molar-refractivity contribution is -0.122. The Morgan fingerprint density at radius 1 is 1.19 bits per heavy atom. The van der Waals surface area contributed by atoms with Gasteiger partial charge in [0, 0.05) is 19.7 Å². The van der Waals surface area contributed by atoms with Crippen LogP contribution in [0.25, 0.3) is 0 Å². The molecule has 0 bridgehead atoms. The predicted molar refractivity (Wildman–Crippen MR) is 101 cm³/mol. The van der Waals surface area contributed by atoms with E-state index in [4.69, 9.17) is 14.7 Å². The van der Waals surface area contributed by atoms with E-state index in [0.717, 1.165) is 0 Å². The zero-order valence-corrected chi connectivity index (χ0v) is 15.6. The molecule has 7 nitrogen and oxygen atoms in total. The molecule has 1 atom stereocenters. The van der Waals surface area contributed by atoms with Crippen molar-refractivity contribution in [1.29, 1.82) is 5.26 Å². The molecule has 0 aliphatic carbocycles. The van der Waals surface area contributed by atoms with Gasteiger partial charge in [0.25, 0.3) is 11.8 Å². The van der Waals surface area contributed by atoms with Crippen molar-refractivity contribution >= 4 is 17.5 Å². The van der Waals surface area contributed by atoms with Crippen molar-refractivity contribution in [3.8, 4) is 17.6 Å². The standard InChI is InChI=1S/C20H21N3O4/c1-13(27-16-7-5-6-14(10-16)12-21)19(24)22-17-11-15(20(25)23(2)3)8-9-18(17)26-4/h5-11,13H,1-4H3,(H,22,24). The number of methoxy groups -OCH3 is 1. The third kappa shape index (κ3) is 4.98. The SMILES string of the molecule is COc1ccc(C(=O)N(C)C)cc1NC(=O)C(C)Oc1cccc(C#N)c1. The summed E-state index contributed by atoms with van der Waals surface area (Å²) in [5.41, 5.74) is 1.24. The first kappa shape index (κ1) is 19.8. The van der Waals surface area contributed by atoms with E-state index in [9.17, 15) is 9.59 Å². The Balaban J connectivity index is 2.16. The summed E-state index contributed by atoms with van der Waals surface area (Å²) in [6, 6.07) is 13.4. The van der Waals surface area contributed by atoms with Crippen LogP contribution < -0.4 is 14.8 Å². The van der Waals surface area contributed by atoms with Gasteiger partial charge in [-0.2, -0.15) is 5.26 Å². The number of benzene rings is 2. The van der Waals surface area contributed by atoms with E-state index in [2.05, 4.69) is 5.32 Å². The van der Waals surface area contributed by atoms with E-state index in [1.807, 2.05) is 6.07 Å². The maximum atomic E-state index is 12.5. The van der Waals surface area contributed by atoms with Crippen LogP contribution >= 0.6 is 0 Å². The summed E-state index contributed by atoms with van der Waals surface area (Å²) in [6.45, 7) is 1.59. The first-order chi connectivity index (χ1) is 12.8. The van der Waals surface area contributed by atoms with Gasteiger partial charge in [0.05, 0.1) is 24.4 Å². The minimum Gasteiger partial charge on any atom is -0.495 e. The minimum absolute atomic E-state index is 0.189. The van der Waals surface area contributed by atoms with Crippen molar-refractivity contribution in [2.75, 3.05) is 26.5 Å². The Morgan fingerprint density at radius 3 is 2.56 bits per heavy atom. The molecule has 2 amide bonds. The van der Waals surface area contributed by atoms with Gasteiger partial charge in [-0.1, -0.05) is 6.07 Å². The highest BCUT2D eigenvalue weighted by Crippen LogP contribution is 2.26. The summed E-state index contributed by atoms with van der Waals surface area (Å²) >= 11 is 0. The monoisotopic (exact) mass is 367 g/mol. The van der Waals surface area contributed by atoms with Gasteiger partial charge < -0.3 is 19.7 Å². The van der Waals surface area contributed by atoms with Crippen LogP contribution in [0.2, 0.25) is 0 Å². The highest BCUT2D eigenvalue weighted by molar-refractivity contribution is 5.99. The largest absolute Gasteiger partial charge is 0.495 e. The first-order valence-electron chi connectivity index (χ1n) is 8.23. The average molecular weight is 367 g/mol. The van der Waals surface area contributed by atoms with E-state index >= 15 is 0 Å². The van der Waals surface area contributed by atoms with Crippen LogP contribution in [0, 0.1) is 11.3 Å². The van der Waals surface area contributed by atoms with Crippen LogP contribution in [0.15, 0.2) is 42.5 Å². The summed E-state index contributed by atoms with van der Waals surface area (Å²) in [4.78, 5) is 26.1. The van der Waals surface area contributed by atoms with Gasteiger partial charge in [0.2, 0.25) is 0 Å². The highest BCUT2D eigenvalue weighted by atomic mass is 16.5. The molecular weight excluding hydrogens is 346 g/mol. The van der Waals surface area contributed by atoms with Crippen LogP contribution in [0.3, 0.4) is 0 Å². The van der Waals surface area contributed by atoms with E-state index in [1.165, 1.54) is 12.0 Å².